The average molecular weight is 290 g/mol. The molecule has 1 heterocycles. The second-order valence-electron chi connectivity index (χ2n) is 7.16. The molecule has 0 N–H and O–H groups in total. The summed E-state index contributed by atoms with van der Waals surface area (Å²) >= 11 is 0. The van der Waals surface area contributed by atoms with Gasteiger partial charge in [-0.2, -0.15) is 0 Å². The van der Waals surface area contributed by atoms with Crippen molar-refractivity contribution in [2.75, 3.05) is 0 Å². The smallest absolute Gasteiger partial charge is 0.192 e. The van der Waals surface area contributed by atoms with Crippen LogP contribution < -0.4 is 0 Å². The van der Waals surface area contributed by atoms with Gasteiger partial charge in [0.15, 0.2) is 8.32 Å². The van der Waals surface area contributed by atoms with Crippen LogP contribution in [0.1, 0.15) is 44.9 Å². The molecule has 2 aromatic rings. The first-order chi connectivity index (χ1) is 9.13. The van der Waals surface area contributed by atoms with E-state index in [1.54, 1.807) is 6.26 Å². The number of hydrogen-bond acceptors (Lipinski definition) is 2. The third-order valence-corrected chi connectivity index (χ3v) is 9.12. The highest BCUT2D eigenvalue weighted by atomic mass is 28.4. The van der Waals surface area contributed by atoms with Crippen LogP contribution in [0.15, 0.2) is 28.9 Å². The van der Waals surface area contributed by atoms with Gasteiger partial charge in [-0.25, -0.2) is 0 Å². The van der Waals surface area contributed by atoms with Crippen LogP contribution in [0.25, 0.3) is 11.0 Å². The Morgan fingerprint density at radius 2 is 1.80 bits per heavy atom. The van der Waals surface area contributed by atoms with Crippen LogP contribution in [0, 0.1) is 6.92 Å². The second kappa shape index (κ2) is 5.04. The first-order valence-electron chi connectivity index (χ1n) is 7.28. The number of benzene rings is 1. The van der Waals surface area contributed by atoms with Gasteiger partial charge in [0.2, 0.25) is 0 Å². The fraction of sp³-hybridized carbons (Fsp3) is 0.529. The Hall–Kier alpha value is -1.06. The van der Waals surface area contributed by atoms with Crippen molar-refractivity contribution in [3.8, 4) is 0 Å². The van der Waals surface area contributed by atoms with Crippen molar-refractivity contribution >= 4 is 19.3 Å². The first kappa shape index (κ1) is 15.3. The van der Waals surface area contributed by atoms with Gasteiger partial charge in [0, 0.05) is 5.39 Å². The number of furan rings is 1. The first-order valence-corrected chi connectivity index (χ1v) is 10.2. The molecular formula is C17H26O2Si. The summed E-state index contributed by atoms with van der Waals surface area (Å²) in [6.07, 6.45) is 1.86. The lowest BCUT2D eigenvalue weighted by Gasteiger charge is -2.38. The predicted molar refractivity (Wildman–Crippen MR) is 87.6 cm³/mol. The van der Waals surface area contributed by atoms with Crippen molar-refractivity contribution in [3.63, 3.8) is 0 Å². The number of hydrogen-bond donors (Lipinski definition) is 0. The minimum Gasteiger partial charge on any atom is -0.464 e. The van der Waals surface area contributed by atoms with Gasteiger partial charge in [0.1, 0.15) is 5.58 Å². The third-order valence-electron chi connectivity index (χ3n) is 4.56. The average Bonchev–Trinajstić information content (AvgIpc) is 2.76. The summed E-state index contributed by atoms with van der Waals surface area (Å²) in [7, 11) is -1.76. The van der Waals surface area contributed by atoms with Crippen LogP contribution in [0.3, 0.4) is 0 Å². The van der Waals surface area contributed by atoms with Crippen LogP contribution in [0.2, 0.25) is 18.1 Å². The number of fused-ring (bicyclic) bond motifs is 1. The van der Waals surface area contributed by atoms with Gasteiger partial charge in [0.25, 0.3) is 0 Å². The summed E-state index contributed by atoms with van der Waals surface area (Å²) in [5.41, 5.74) is 3.38. The molecule has 110 valence electrons. The topological polar surface area (TPSA) is 22.4 Å². The molecule has 0 aliphatic carbocycles. The Bertz CT molecular complexity index is 605. The maximum atomic E-state index is 6.50. The maximum Gasteiger partial charge on any atom is 0.192 e. The van der Waals surface area contributed by atoms with Crippen molar-refractivity contribution in [3.05, 3.63) is 35.6 Å². The number of aryl methyl sites for hydroxylation is 1. The van der Waals surface area contributed by atoms with Crippen LogP contribution in [-0.4, -0.2) is 8.32 Å². The van der Waals surface area contributed by atoms with Crippen molar-refractivity contribution in [2.24, 2.45) is 0 Å². The summed E-state index contributed by atoms with van der Waals surface area (Å²) < 4.78 is 12.1. The molecule has 0 saturated carbocycles. The Morgan fingerprint density at radius 1 is 1.15 bits per heavy atom. The molecule has 0 aliphatic rings. The molecule has 1 unspecified atom stereocenters. The van der Waals surface area contributed by atoms with Crippen molar-refractivity contribution < 1.29 is 8.84 Å². The van der Waals surface area contributed by atoms with Crippen molar-refractivity contribution in [2.45, 2.75) is 58.9 Å². The van der Waals surface area contributed by atoms with E-state index in [0.717, 1.165) is 5.58 Å². The van der Waals surface area contributed by atoms with E-state index in [1.165, 1.54) is 16.5 Å². The minimum atomic E-state index is -1.76. The van der Waals surface area contributed by atoms with E-state index in [-0.39, 0.29) is 11.1 Å². The van der Waals surface area contributed by atoms with Crippen LogP contribution in [0.5, 0.6) is 0 Å². The molecule has 0 amide bonds. The Balaban J connectivity index is 2.35. The largest absolute Gasteiger partial charge is 0.464 e. The highest BCUT2D eigenvalue weighted by Crippen LogP contribution is 2.40. The number of rotatable bonds is 3. The van der Waals surface area contributed by atoms with Crippen molar-refractivity contribution in [1.82, 2.24) is 0 Å². The van der Waals surface area contributed by atoms with E-state index in [9.17, 15) is 0 Å². The van der Waals surface area contributed by atoms with Crippen LogP contribution in [-0.2, 0) is 4.43 Å². The monoisotopic (exact) mass is 290 g/mol. The van der Waals surface area contributed by atoms with E-state index in [1.807, 2.05) is 6.07 Å². The SMILES string of the molecule is Cc1ccc(C(C)O[Si](C)(C)C(C)(C)C)c2ccoc12. The zero-order valence-electron chi connectivity index (χ0n) is 13.7. The molecule has 0 bridgehead atoms. The highest BCUT2D eigenvalue weighted by molar-refractivity contribution is 6.74. The van der Waals surface area contributed by atoms with Gasteiger partial charge < -0.3 is 8.84 Å². The van der Waals surface area contributed by atoms with Gasteiger partial charge in [-0.05, 0) is 49.2 Å². The fourth-order valence-corrected chi connectivity index (χ4v) is 3.62. The van der Waals surface area contributed by atoms with E-state index in [2.05, 4.69) is 59.8 Å². The Labute approximate surface area is 123 Å². The zero-order chi connectivity index (χ0) is 15.1. The maximum absolute atomic E-state index is 6.50. The van der Waals surface area contributed by atoms with E-state index in [0.29, 0.717) is 0 Å². The third kappa shape index (κ3) is 2.70. The Morgan fingerprint density at radius 3 is 2.40 bits per heavy atom. The van der Waals surface area contributed by atoms with Gasteiger partial charge in [-0.15, -0.1) is 0 Å². The van der Waals surface area contributed by atoms with E-state index >= 15 is 0 Å². The van der Waals surface area contributed by atoms with E-state index in [4.69, 9.17) is 8.84 Å². The summed E-state index contributed by atoms with van der Waals surface area (Å²) in [5.74, 6) is 0. The normalized spacial score (nSPS) is 14.8. The van der Waals surface area contributed by atoms with Crippen molar-refractivity contribution in [1.29, 1.82) is 0 Å². The summed E-state index contributed by atoms with van der Waals surface area (Å²) in [6.45, 7) is 15.6. The summed E-state index contributed by atoms with van der Waals surface area (Å²) in [4.78, 5) is 0. The molecular weight excluding hydrogens is 264 g/mol. The molecule has 1 aromatic carbocycles. The molecule has 1 atom stereocenters. The van der Waals surface area contributed by atoms with Crippen LogP contribution in [0.4, 0.5) is 0 Å². The molecule has 0 fully saturated rings. The highest BCUT2D eigenvalue weighted by Gasteiger charge is 2.38. The molecule has 0 spiro atoms. The molecule has 3 heteroatoms. The molecule has 2 rings (SSSR count). The fourth-order valence-electron chi connectivity index (χ4n) is 2.26. The lowest BCUT2D eigenvalue weighted by molar-refractivity contribution is 0.204. The predicted octanol–water partition coefficient (Wildman–Crippen LogP) is 5.82. The van der Waals surface area contributed by atoms with Gasteiger partial charge in [0.05, 0.1) is 12.4 Å². The van der Waals surface area contributed by atoms with Gasteiger partial charge in [-0.1, -0.05) is 32.9 Å². The molecule has 1 aromatic heterocycles. The van der Waals surface area contributed by atoms with Gasteiger partial charge >= 0.3 is 0 Å². The van der Waals surface area contributed by atoms with Gasteiger partial charge in [-0.3, -0.25) is 0 Å². The molecule has 0 saturated heterocycles. The molecule has 20 heavy (non-hydrogen) atoms. The molecule has 0 aliphatic heterocycles. The summed E-state index contributed by atoms with van der Waals surface area (Å²) in [5, 5.41) is 1.40. The minimum absolute atomic E-state index is 0.0941. The van der Waals surface area contributed by atoms with E-state index < -0.39 is 8.32 Å². The van der Waals surface area contributed by atoms with Crippen LogP contribution >= 0.6 is 0 Å². The standard InChI is InChI=1S/C17H26O2Si/c1-12-8-9-14(15-10-11-18-16(12)15)13(2)19-20(6,7)17(3,4)5/h8-11,13H,1-7H3. The molecule has 0 radical (unpaired) electrons. The lowest BCUT2D eigenvalue weighted by Crippen LogP contribution is -2.41. The lowest BCUT2D eigenvalue weighted by atomic mass is 10.0. The molecule has 2 nitrogen and oxygen atoms in total. The zero-order valence-corrected chi connectivity index (χ0v) is 14.7. The Kier molecular flexibility index (Phi) is 3.87. The second-order valence-corrected chi connectivity index (χ2v) is 11.9. The quantitative estimate of drug-likeness (QED) is 0.664. The summed E-state index contributed by atoms with van der Waals surface area (Å²) in [6, 6.07) is 6.33.